The Kier molecular flexibility index (Phi) is 4.46. The molecule has 0 radical (unpaired) electrons. The Morgan fingerprint density at radius 3 is 2.70 bits per heavy atom. The summed E-state index contributed by atoms with van der Waals surface area (Å²) < 4.78 is 5.27. The van der Waals surface area contributed by atoms with E-state index in [1.807, 2.05) is 36.9 Å². The minimum atomic E-state index is -0.0289. The van der Waals surface area contributed by atoms with Crippen molar-refractivity contribution in [1.29, 1.82) is 0 Å². The Labute approximate surface area is 159 Å². The first-order chi connectivity index (χ1) is 13.0. The molecule has 0 aliphatic carbocycles. The number of fused-ring (bicyclic) bond motifs is 1. The van der Waals surface area contributed by atoms with Gasteiger partial charge >= 0.3 is 0 Å². The van der Waals surface area contributed by atoms with Gasteiger partial charge in [0.05, 0.1) is 17.1 Å². The fourth-order valence-electron chi connectivity index (χ4n) is 4.01. The Morgan fingerprint density at radius 1 is 1.15 bits per heavy atom. The van der Waals surface area contributed by atoms with Crippen molar-refractivity contribution in [2.24, 2.45) is 0 Å². The number of amides is 1. The van der Waals surface area contributed by atoms with Gasteiger partial charge in [-0.15, -0.1) is 0 Å². The fourth-order valence-corrected chi connectivity index (χ4v) is 4.01. The predicted molar refractivity (Wildman–Crippen MR) is 105 cm³/mol. The van der Waals surface area contributed by atoms with E-state index >= 15 is 0 Å². The number of likely N-dealkylation sites (tertiary alicyclic amines) is 1. The third-order valence-electron chi connectivity index (χ3n) is 5.62. The molecule has 0 N–H and O–H groups in total. The molecule has 0 unspecified atom stereocenters. The van der Waals surface area contributed by atoms with E-state index in [-0.39, 0.29) is 11.9 Å². The molecule has 140 valence electrons. The van der Waals surface area contributed by atoms with Gasteiger partial charge in [-0.25, -0.2) is 0 Å². The monoisotopic (exact) mass is 363 g/mol. The van der Waals surface area contributed by atoms with Crippen LogP contribution in [0.15, 0.2) is 28.8 Å². The van der Waals surface area contributed by atoms with E-state index in [0.717, 1.165) is 65.0 Å². The zero-order valence-electron chi connectivity index (χ0n) is 16.4. The Balaban J connectivity index is 1.80. The second-order valence-electron chi connectivity index (χ2n) is 7.59. The van der Waals surface area contributed by atoms with Gasteiger partial charge in [0.25, 0.3) is 5.91 Å². The smallest absolute Gasteiger partial charge is 0.255 e. The van der Waals surface area contributed by atoms with Crippen molar-refractivity contribution in [2.75, 3.05) is 6.54 Å². The molecule has 0 spiro atoms. The van der Waals surface area contributed by atoms with E-state index in [0.29, 0.717) is 0 Å². The standard InChI is InChI=1S/C22H25N3O2/c1-13-8-9-17-18(11-14(2)23-21(17)16(13)4)22(26)25-10-6-5-7-20(25)19-12-15(3)27-24-19/h8-9,11-12,20H,5-7,10H2,1-4H3/t20-/m0/s1. The van der Waals surface area contributed by atoms with Crippen LogP contribution in [0.3, 0.4) is 0 Å². The van der Waals surface area contributed by atoms with Gasteiger partial charge in [-0.1, -0.05) is 17.3 Å². The number of piperidine rings is 1. The van der Waals surface area contributed by atoms with Crippen LogP contribution in [0.2, 0.25) is 0 Å². The summed E-state index contributed by atoms with van der Waals surface area (Å²) in [5.74, 6) is 0.832. The van der Waals surface area contributed by atoms with E-state index in [2.05, 4.69) is 25.1 Å². The molecule has 5 nitrogen and oxygen atoms in total. The minimum absolute atomic E-state index is 0.0289. The van der Waals surface area contributed by atoms with Gasteiger partial charge in [0, 0.05) is 23.7 Å². The number of nitrogens with zero attached hydrogens (tertiary/aromatic N) is 3. The molecule has 5 heteroatoms. The molecule has 27 heavy (non-hydrogen) atoms. The number of pyridine rings is 1. The zero-order valence-corrected chi connectivity index (χ0v) is 16.4. The van der Waals surface area contributed by atoms with Crippen LogP contribution in [-0.4, -0.2) is 27.5 Å². The van der Waals surface area contributed by atoms with Crippen LogP contribution in [0.25, 0.3) is 10.9 Å². The van der Waals surface area contributed by atoms with Crippen LogP contribution >= 0.6 is 0 Å². The number of carbonyl (C=O) groups is 1. The van der Waals surface area contributed by atoms with Crippen molar-refractivity contribution >= 4 is 16.8 Å². The number of aromatic nitrogens is 2. The lowest BCUT2D eigenvalue weighted by atomic mass is 9.96. The van der Waals surface area contributed by atoms with Gasteiger partial charge in [-0.2, -0.15) is 0 Å². The van der Waals surface area contributed by atoms with E-state index in [4.69, 9.17) is 9.51 Å². The molecular formula is C22H25N3O2. The van der Waals surface area contributed by atoms with Gasteiger partial charge in [-0.3, -0.25) is 9.78 Å². The molecule has 3 aromatic rings. The molecular weight excluding hydrogens is 338 g/mol. The first-order valence-electron chi connectivity index (χ1n) is 9.57. The number of benzene rings is 1. The Morgan fingerprint density at radius 2 is 1.96 bits per heavy atom. The average Bonchev–Trinajstić information content (AvgIpc) is 3.10. The summed E-state index contributed by atoms with van der Waals surface area (Å²) in [6.07, 6.45) is 3.02. The van der Waals surface area contributed by atoms with Gasteiger partial charge in [0.15, 0.2) is 0 Å². The zero-order chi connectivity index (χ0) is 19.1. The SMILES string of the molecule is Cc1cc(C(=O)N2CCCC[C@H]2c2cc(C)on2)c2ccc(C)c(C)c2n1. The molecule has 1 saturated heterocycles. The van der Waals surface area contributed by atoms with Crippen molar-refractivity contribution in [3.63, 3.8) is 0 Å². The highest BCUT2D eigenvalue weighted by atomic mass is 16.5. The summed E-state index contributed by atoms with van der Waals surface area (Å²) in [6.45, 7) is 8.72. The lowest BCUT2D eigenvalue weighted by Crippen LogP contribution is -2.38. The van der Waals surface area contributed by atoms with Crippen LogP contribution in [0.1, 0.15) is 63.9 Å². The number of rotatable bonds is 2. The summed E-state index contributed by atoms with van der Waals surface area (Å²) in [4.78, 5) is 20.3. The van der Waals surface area contributed by atoms with Crippen molar-refractivity contribution < 1.29 is 9.32 Å². The predicted octanol–water partition coefficient (Wildman–Crippen LogP) is 4.82. The minimum Gasteiger partial charge on any atom is -0.361 e. The van der Waals surface area contributed by atoms with Gasteiger partial charge in [0.1, 0.15) is 11.5 Å². The summed E-state index contributed by atoms with van der Waals surface area (Å²) in [7, 11) is 0. The third-order valence-corrected chi connectivity index (χ3v) is 5.62. The van der Waals surface area contributed by atoms with Crippen LogP contribution < -0.4 is 0 Å². The number of hydrogen-bond donors (Lipinski definition) is 0. The maximum Gasteiger partial charge on any atom is 0.255 e. The van der Waals surface area contributed by atoms with Crippen LogP contribution in [0, 0.1) is 27.7 Å². The Bertz CT molecular complexity index is 1020. The number of hydrogen-bond acceptors (Lipinski definition) is 4. The van der Waals surface area contributed by atoms with E-state index in [9.17, 15) is 4.79 Å². The highest BCUT2D eigenvalue weighted by molar-refractivity contribution is 6.07. The molecule has 1 atom stereocenters. The topological polar surface area (TPSA) is 59.2 Å². The van der Waals surface area contributed by atoms with Crippen molar-refractivity contribution in [2.45, 2.75) is 53.0 Å². The molecule has 1 aliphatic rings. The molecule has 0 bridgehead atoms. The molecule has 0 saturated carbocycles. The molecule has 1 amide bonds. The molecule has 3 heterocycles. The maximum absolute atomic E-state index is 13.6. The van der Waals surface area contributed by atoms with Gasteiger partial charge < -0.3 is 9.42 Å². The van der Waals surface area contributed by atoms with Crippen molar-refractivity contribution in [3.05, 3.63) is 58.1 Å². The van der Waals surface area contributed by atoms with Gasteiger partial charge in [-0.05, 0) is 64.2 Å². The normalized spacial score (nSPS) is 17.5. The molecule has 1 fully saturated rings. The summed E-state index contributed by atoms with van der Waals surface area (Å²) in [5, 5.41) is 5.12. The number of carbonyl (C=O) groups excluding carboxylic acids is 1. The Hall–Kier alpha value is -2.69. The van der Waals surface area contributed by atoms with E-state index in [1.165, 1.54) is 5.56 Å². The molecule has 1 aliphatic heterocycles. The third kappa shape index (κ3) is 3.11. The van der Waals surface area contributed by atoms with Crippen LogP contribution in [-0.2, 0) is 0 Å². The van der Waals surface area contributed by atoms with E-state index < -0.39 is 0 Å². The second kappa shape index (κ2) is 6.80. The summed E-state index contributed by atoms with van der Waals surface area (Å²) in [6, 6.07) is 7.92. The lowest BCUT2D eigenvalue weighted by molar-refractivity contribution is 0.0604. The second-order valence-corrected chi connectivity index (χ2v) is 7.59. The highest BCUT2D eigenvalue weighted by Crippen LogP contribution is 2.33. The molecule has 2 aromatic heterocycles. The number of aryl methyl sites for hydroxylation is 4. The quantitative estimate of drug-likeness (QED) is 0.655. The largest absolute Gasteiger partial charge is 0.361 e. The highest BCUT2D eigenvalue weighted by Gasteiger charge is 2.31. The molecule has 1 aromatic carbocycles. The van der Waals surface area contributed by atoms with Crippen molar-refractivity contribution in [1.82, 2.24) is 15.0 Å². The first kappa shape index (κ1) is 17.7. The van der Waals surface area contributed by atoms with E-state index in [1.54, 1.807) is 0 Å². The lowest BCUT2D eigenvalue weighted by Gasteiger charge is -2.35. The maximum atomic E-state index is 13.6. The average molecular weight is 363 g/mol. The molecule has 4 rings (SSSR count). The summed E-state index contributed by atoms with van der Waals surface area (Å²) >= 11 is 0. The summed E-state index contributed by atoms with van der Waals surface area (Å²) in [5.41, 5.74) is 5.69. The first-order valence-corrected chi connectivity index (χ1v) is 9.57. The fraction of sp³-hybridized carbons (Fsp3) is 0.409. The van der Waals surface area contributed by atoms with Crippen LogP contribution in [0.5, 0.6) is 0 Å². The van der Waals surface area contributed by atoms with Gasteiger partial charge in [0.2, 0.25) is 0 Å². The van der Waals surface area contributed by atoms with Crippen LogP contribution in [0.4, 0.5) is 0 Å². The van der Waals surface area contributed by atoms with Crippen molar-refractivity contribution in [3.8, 4) is 0 Å².